The Labute approximate surface area is 108 Å². The van der Waals surface area contributed by atoms with Gasteiger partial charge < -0.3 is 19.1 Å². The molecule has 0 aromatic carbocycles. The number of rotatable bonds is 7. The van der Waals surface area contributed by atoms with Crippen LogP contribution in [0.2, 0.25) is 0 Å². The standard InChI is InChI=1S/C9H16N2O8/c1-3-6-4-17-7(5-16-2)9(19-11(14)15)8(6)18-10(12)13/h6-9H,3-5H2,1-2H3. The molecular weight excluding hydrogens is 264 g/mol. The zero-order chi connectivity index (χ0) is 14.4. The van der Waals surface area contributed by atoms with E-state index in [0.717, 1.165) is 0 Å². The molecule has 1 aliphatic rings. The summed E-state index contributed by atoms with van der Waals surface area (Å²) in [6, 6.07) is 0. The first-order valence-electron chi connectivity index (χ1n) is 5.72. The van der Waals surface area contributed by atoms with Crippen molar-refractivity contribution in [1.82, 2.24) is 0 Å². The van der Waals surface area contributed by atoms with Gasteiger partial charge in [-0.05, 0) is 6.42 Å². The fourth-order valence-corrected chi connectivity index (χ4v) is 2.05. The van der Waals surface area contributed by atoms with Gasteiger partial charge in [-0.1, -0.05) is 6.92 Å². The highest BCUT2D eigenvalue weighted by Gasteiger charge is 2.44. The minimum absolute atomic E-state index is 0.0204. The Balaban J connectivity index is 2.89. The van der Waals surface area contributed by atoms with Crippen LogP contribution in [-0.2, 0) is 19.1 Å². The van der Waals surface area contributed by atoms with Gasteiger partial charge in [0.25, 0.3) is 10.2 Å². The summed E-state index contributed by atoms with van der Waals surface area (Å²) in [5.41, 5.74) is 0. The van der Waals surface area contributed by atoms with E-state index in [-0.39, 0.29) is 19.1 Å². The molecule has 0 saturated carbocycles. The first-order valence-corrected chi connectivity index (χ1v) is 5.72. The molecule has 0 aromatic heterocycles. The van der Waals surface area contributed by atoms with Crippen molar-refractivity contribution in [3.63, 3.8) is 0 Å². The summed E-state index contributed by atoms with van der Waals surface area (Å²) in [6.45, 7) is 2.00. The Kier molecular flexibility index (Phi) is 5.70. The van der Waals surface area contributed by atoms with Crippen molar-refractivity contribution < 1.29 is 29.3 Å². The zero-order valence-corrected chi connectivity index (χ0v) is 10.6. The van der Waals surface area contributed by atoms with E-state index in [4.69, 9.17) is 9.47 Å². The van der Waals surface area contributed by atoms with Crippen LogP contribution in [0.4, 0.5) is 0 Å². The maximum Gasteiger partial charge on any atom is 0.294 e. The molecule has 1 rings (SSSR count). The molecule has 0 aromatic rings. The van der Waals surface area contributed by atoms with Crippen molar-refractivity contribution in [3.05, 3.63) is 20.2 Å². The first kappa shape index (κ1) is 15.4. The minimum Gasteiger partial charge on any atom is -0.382 e. The van der Waals surface area contributed by atoms with Crippen molar-refractivity contribution in [3.8, 4) is 0 Å². The number of ether oxygens (including phenoxy) is 2. The summed E-state index contributed by atoms with van der Waals surface area (Å²) in [6.07, 6.45) is -2.53. The number of hydrogen-bond donors (Lipinski definition) is 0. The summed E-state index contributed by atoms with van der Waals surface area (Å²) in [5, 5.41) is 19.0. The van der Waals surface area contributed by atoms with Gasteiger partial charge in [-0.3, -0.25) is 0 Å². The maximum absolute atomic E-state index is 10.5. The molecule has 4 atom stereocenters. The van der Waals surface area contributed by atoms with Crippen LogP contribution in [0.3, 0.4) is 0 Å². The molecule has 10 heteroatoms. The van der Waals surface area contributed by atoms with Crippen molar-refractivity contribution in [2.45, 2.75) is 31.7 Å². The minimum atomic E-state index is -1.20. The Morgan fingerprint density at radius 3 is 2.26 bits per heavy atom. The van der Waals surface area contributed by atoms with Gasteiger partial charge in [0.2, 0.25) is 0 Å². The zero-order valence-electron chi connectivity index (χ0n) is 10.6. The Bertz CT molecular complexity index is 325. The average molecular weight is 280 g/mol. The van der Waals surface area contributed by atoms with Crippen molar-refractivity contribution >= 4 is 0 Å². The molecule has 1 aliphatic heterocycles. The highest BCUT2D eigenvalue weighted by atomic mass is 17.0. The monoisotopic (exact) mass is 280 g/mol. The van der Waals surface area contributed by atoms with Crippen LogP contribution in [-0.4, -0.2) is 48.8 Å². The molecule has 10 nitrogen and oxygen atoms in total. The van der Waals surface area contributed by atoms with Gasteiger partial charge in [0.15, 0.2) is 6.10 Å². The third kappa shape index (κ3) is 4.17. The van der Waals surface area contributed by atoms with E-state index in [9.17, 15) is 20.2 Å². The Hall–Kier alpha value is -1.68. The van der Waals surface area contributed by atoms with Crippen LogP contribution in [0.5, 0.6) is 0 Å². The molecule has 0 aliphatic carbocycles. The van der Waals surface area contributed by atoms with Gasteiger partial charge in [-0.25, -0.2) is 0 Å². The highest BCUT2D eigenvalue weighted by Crippen LogP contribution is 2.28. The van der Waals surface area contributed by atoms with Crippen LogP contribution in [0.25, 0.3) is 0 Å². The maximum atomic E-state index is 10.5. The average Bonchev–Trinajstić information content (AvgIpc) is 2.32. The van der Waals surface area contributed by atoms with E-state index in [2.05, 4.69) is 9.68 Å². The molecule has 0 N–H and O–H groups in total. The molecule has 1 heterocycles. The molecule has 19 heavy (non-hydrogen) atoms. The van der Waals surface area contributed by atoms with Gasteiger partial charge in [0.1, 0.15) is 12.2 Å². The highest BCUT2D eigenvalue weighted by molar-refractivity contribution is 4.87. The first-order chi connectivity index (χ1) is 8.99. The molecule has 1 fully saturated rings. The molecule has 0 radical (unpaired) electrons. The van der Waals surface area contributed by atoms with Gasteiger partial charge in [0, 0.05) is 13.0 Å². The molecule has 0 spiro atoms. The van der Waals surface area contributed by atoms with E-state index in [1.807, 2.05) is 0 Å². The van der Waals surface area contributed by atoms with E-state index < -0.39 is 28.5 Å². The summed E-state index contributed by atoms with van der Waals surface area (Å²) in [4.78, 5) is 30.0. The number of nitrogens with zero attached hydrogens (tertiary/aromatic N) is 2. The van der Waals surface area contributed by atoms with Gasteiger partial charge in [-0.2, -0.15) is 0 Å². The van der Waals surface area contributed by atoms with Crippen LogP contribution < -0.4 is 0 Å². The van der Waals surface area contributed by atoms with E-state index in [1.165, 1.54) is 7.11 Å². The second-order valence-electron chi connectivity index (χ2n) is 4.08. The van der Waals surface area contributed by atoms with Crippen molar-refractivity contribution in [1.29, 1.82) is 0 Å². The third-order valence-corrected chi connectivity index (χ3v) is 2.95. The molecule has 110 valence electrons. The molecule has 0 amide bonds. The lowest BCUT2D eigenvalue weighted by Crippen LogP contribution is -2.55. The Morgan fingerprint density at radius 1 is 1.21 bits per heavy atom. The predicted molar refractivity (Wildman–Crippen MR) is 59.1 cm³/mol. The lowest BCUT2D eigenvalue weighted by atomic mass is 9.90. The van der Waals surface area contributed by atoms with Gasteiger partial charge in [0.05, 0.1) is 13.2 Å². The smallest absolute Gasteiger partial charge is 0.294 e. The number of methoxy groups -OCH3 is 1. The van der Waals surface area contributed by atoms with E-state index >= 15 is 0 Å². The normalized spacial score (nSPS) is 30.6. The van der Waals surface area contributed by atoms with E-state index in [1.54, 1.807) is 6.92 Å². The topological polar surface area (TPSA) is 123 Å². The van der Waals surface area contributed by atoms with Crippen LogP contribution in [0, 0.1) is 26.1 Å². The molecule has 4 unspecified atom stereocenters. The largest absolute Gasteiger partial charge is 0.382 e. The fraction of sp³-hybridized carbons (Fsp3) is 1.00. The number of hydrogen-bond acceptors (Lipinski definition) is 8. The van der Waals surface area contributed by atoms with Crippen molar-refractivity contribution in [2.75, 3.05) is 20.3 Å². The third-order valence-electron chi connectivity index (χ3n) is 2.95. The van der Waals surface area contributed by atoms with Gasteiger partial charge in [-0.15, -0.1) is 20.2 Å². The quantitative estimate of drug-likeness (QED) is 0.479. The Morgan fingerprint density at radius 2 is 1.79 bits per heavy atom. The molecule has 0 bridgehead atoms. The summed E-state index contributed by atoms with van der Waals surface area (Å²) in [7, 11) is 1.39. The van der Waals surface area contributed by atoms with Gasteiger partial charge >= 0.3 is 0 Å². The van der Waals surface area contributed by atoms with Crippen LogP contribution in [0.1, 0.15) is 13.3 Å². The molecular formula is C9H16N2O8. The summed E-state index contributed by atoms with van der Waals surface area (Å²) >= 11 is 0. The SMILES string of the molecule is CCC1COC(COC)C(O[N+](=O)[O-])C1O[N+](=O)[O-]. The van der Waals surface area contributed by atoms with Crippen LogP contribution >= 0.6 is 0 Å². The van der Waals surface area contributed by atoms with E-state index in [0.29, 0.717) is 6.42 Å². The lowest BCUT2D eigenvalue weighted by Gasteiger charge is -2.39. The van der Waals surface area contributed by atoms with Crippen LogP contribution in [0.15, 0.2) is 0 Å². The summed E-state index contributed by atoms with van der Waals surface area (Å²) in [5.74, 6) is -0.358. The second kappa shape index (κ2) is 7.04. The second-order valence-corrected chi connectivity index (χ2v) is 4.08. The summed E-state index contributed by atoms with van der Waals surface area (Å²) < 4.78 is 10.3. The fourth-order valence-electron chi connectivity index (χ4n) is 2.05. The lowest BCUT2D eigenvalue weighted by molar-refractivity contribution is -0.804. The van der Waals surface area contributed by atoms with Crippen molar-refractivity contribution in [2.24, 2.45) is 5.92 Å². The predicted octanol–water partition coefficient (Wildman–Crippen LogP) is 0.212. The molecule has 1 saturated heterocycles.